The number of para-hydroxylation sites is 1. The molecule has 0 saturated heterocycles. The number of halogens is 3. The van der Waals surface area contributed by atoms with E-state index in [-0.39, 0.29) is 11.3 Å². The van der Waals surface area contributed by atoms with Crippen molar-refractivity contribution in [3.63, 3.8) is 0 Å². The Labute approximate surface area is 110 Å². The molecule has 0 aliphatic heterocycles. The number of carbonyl (C=O) groups is 1. The zero-order chi connectivity index (χ0) is 13.1. The maximum Gasteiger partial charge on any atom is 0.339 e. The van der Waals surface area contributed by atoms with Gasteiger partial charge in [0.05, 0.1) is 0 Å². The number of hydrogen-bond donors (Lipinski definition) is 2. The second-order valence-electron chi connectivity index (χ2n) is 2.01. The third-order valence-electron chi connectivity index (χ3n) is 1.13. The summed E-state index contributed by atoms with van der Waals surface area (Å²) >= 11 is 14.6. The van der Waals surface area contributed by atoms with Gasteiger partial charge in [0, 0.05) is 0 Å². The van der Waals surface area contributed by atoms with Gasteiger partial charge in [-0.05, 0) is 12.1 Å². The summed E-state index contributed by atoms with van der Waals surface area (Å²) < 4.78 is 0. The van der Waals surface area contributed by atoms with Gasteiger partial charge in [-0.15, -0.1) is 0 Å². The van der Waals surface area contributed by atoms with Crippen molar-refractivity contribution in [3.05, 3.63) is 29.8 Å². The minimum absolute atomic E-state index is 0.0671. The number of carboxylic acid groups (broad SMARTS) is 1. The topological polar surface area (TPSA) is 57.5 Å². The Morgan fingerprint density at radius 2 is 1.56 bits per heavy atom. The molecule has 92 valence electrons. The molecular weight excluding hydrogens is 293 g/mol. The van der Waals surface area contributed by atoms with Crippen LogP contribution >= 0.6 is 39.7 Å². The molecule has 0 heterocycles. The number of rotatable bonds is 1. The van der Waals surface area contributed by atoms with Crippen LogP contribution in [0.1, 0.15) is 24.2 Å². The molecule has 0 atom stereocenters. The van der Waals surface area contributed by atoms with E-state index < -0.39 is 11.9 Å². The van der Waals surface area contributed by atoms with Crippen LogP contribution in [-0.4, -0.2) is 16.2 Å². The van der Waals surface area contributed by atoms with Gasteiger partial charge < -0.3 is 10.2 Å². The molecule has 1 rings (SSSR count). The average molecular weight is 306 g/mol. The highest BCUT2D eigenvalue weighted by Crippen LogP contribution is 2.51. The van der Waals surface area contributed by atoms with Gasteiger partial charge >= 0.3 is 5.97 Å². The van der Waals surface area contributed by atoms with E-state index in [4.69, 9.17) is 43.9 Å². The summed E-state index contributed by atoms with van der Waals surface area (Å²) in [6.07, 6.45) is 0. The maximum absolute atomic E-state index is 10.3. The van der Waals surface area contributed by atoms with Gasteiger partial charge in [-0.3, -0.25) is 0 Å². The fourth-order valence-corrected chi connectivity index (χ4v) is 0.654. The van der Waals surface area contributed by atoms with E-state index in [9.17, 15) is 4.79 Å². The number of carboxylic acids is 1. The lowest BCUT2D eigenvalue weighted by Gasteiger charge is -1.95. The van der Waals surface area contributed by atoms with Crippen LogP contribution in [0, 0.1) is 0 Å². The predicted molar refractivity (Wildman–Crippen MR) is 70.9 cm³/mol. The highest BCUT2D eigenvalue weighted by atomic mass is 36.0. The van der Waals surface area contributed by atoms with Crippen molar-refractivity contribution in [2.45, 2.75) is 13.8 Å². The van der Waals surface area contributed by atoms with Crippen LogP contribution in [0.3, 0.4) is 0 Å². The first-order valence-electron chi connectivity index (χ1n) is 4.24. The number of benzene rings is 1. The minimum atomic E-state index is -1.20. The van der Waals surface area contributed by atoms with E-state index in [1.807, 2.05) is 13.8 Å². The van der Waals surface area contributed by atoms with Crippen LogP contribution in [0.25, 0.3) is 0 Å². The van der Waals surface area contributed by atoms with Gasteiger partial charge in [-0.1, -0.05) is 59.7 Å². The van der Waals surface area contributed by atoms with Crippen molar-refractivity contribution in [1.82, 2.24) is 0 Å². The Morgan fingerprint density at radius 1 is 1.19 bits per heavy atom. The molecule has 16 heavy (non-hydrogen) atoms. The van der Waals surface area contributed by atoms with Crippen molar-refractivity contribution in [2.24, 2.45) is 0 Å². The van der Waals surface area contributed by atoms with E-state index in [0.29, 0.717) is 0 Å². The van der Waals surface area contributed by atoms with Crippen molar-refractivity contribution in [1.29, 1.82) is 0 Å². The first-order valence-corrected chi connectivity index (χ1v) is 8.29. The van der Waals surface area contributed by atoms with Gasteiger partial charge in [0.2, 0.25) is 0 Å². The summed E-state index contributed by atoms with van der Waals surface area (Å²) in [6.45, 7) is 4.00. The zero-order valence-corrected chi connectivity index (χ0v) is 11.9. The molecule has 0 fully saturated rings. The molecule has 1 aromatic rings. The molecule has 0 spiro atoms. The van der Waals surface area contributed by atoms with Crippen molar-refractivity contribution in [2.75, 3.05) is 0 Å². The molecule has 0 radical (unpaired) electrons. The van der Waals surface area contributed by atoms with E-state index in [0.717, 1.165) is 0 Å². The summed E-state index contributed by atoms with van der Waals surface area (Å²) in [7, 11) is 0. The highest BCUT2D eigenvalue weighted by molar-refractivity contribution is 8.20. The van der Waals surface area contributed by atoms with E-state index in [1.165, 1.54) is 12.1 Å². The first-order chi connectivity index (χ1) is 7.45. The van der Waals surface area contributed by atoms with Gasteiger partial charge in [0.1, 0.15) is 11.3 Å². The summed E-state index contributed by atoms with van der Waals surface area (Å²) in [5.74, 6) is -2.52. The molecular formula is C9H12Cl3O3P. The Morgan fingerprint density at radius 3 is 1.81 bits per heavy atom. The van der Waals surface area contributed by atoms with Crippen molar-refractivity contribution >= 4 is 45.7 Å². The number of hydrogen-bond acceptors (Lipinski definition) is 2. The summed E-state index contributed by atoms with van der Waals surface area (Å²) in [6, 6.07) is 5.81. The normalized spacial score (nSPS) is 8.38. The van der Waals surface area contributed by atoms with Gasteiger partial charge in [-0.25, -0.2) is 4.79 Å². The maximum atomic E-state index is 10.3. The summed E-state index contributed by atoms with van der Waals surface area (Å²) in [5, 5.41) is 17.3. The lowest BCUT2D eigenvalue weighted by atomic mass is 10.2. The summed E-state index contributed by atoms with van der Waals surface area (Å²) in [4.78, 5) is 10.3. The lowest BCUT2D eigenvalue weighted by molar-refractivity contribution is 0.0694. The van der Waals surface area contributed by atoms with Gasteiger partial charge in [-0.2, -0.15) is 0 Å². The molecule has 2 N–H and O–H groups in total. The molecule has 0 unspecified atom stereocenters. The Hall–Kier alpha value is -0.210. The molecule has 0 saturated carbocycles. The largest absolute Gasteiger partial charge is 0.507 e. The second-order valence-corrected chi connectivity index (χ2v) is 7.00. The van der Waals surface area contributed by atoms with Crippen LogP contribution in [0.2, 0.25) is 0 Å². The quantitative estimate of drug-likeness (QED) is 0.714. The second kappa shape index (κ2) is 11.3. The molecule has 0 amide bonds. The smallest absolute Gasteiger partial charge is 0.339 e. The third-order valence-corrected chi connectivity index (χ3v) is 1.13. The Balaban J connectivity index is 0. The molecule has 0 aliphatic rings. The van der Waals surface area contributed by atoms with Crippen LogP contribution in [0.4, 0.5) is 0 Å². The third kappa shape index (κ3) is 10.3. The van der Waals surface area contributed by atoms with E-state index in [1.54, 1.807) is 12.1 Å². The molecule has 7 heteroatoms. The molecule has 0 bridgehead atoms. The lowest BCUT2D eigenvalue weighted by Crippen LogP contribution is -1.95. The van der Waals surface area contributed by atoms with Crippen LogP contribution in [0.15, 0.2) is 24.3 Å². The fraction of sp³-hybridized carbons (Fsp3) is 0.222. The molecule has 3 nitrogen and oxygen atoms in total. The molecule has 0 aliphatic carbocycles. The number of aromatic carboxylic acids is 1. The first kappa shape index (κ1) is 18.2. The average Bonchev–Trinajstić information content (AvgIpc) is 2.20. The fourth-order valence-electron chi connectivity index (χ4n) is 0.654. The van der Waals surface area contributed by atoms with Crippen LogP contribution in [-0.2, 0) is 0 Å². The zero-order valence-electron chi connectivity index (χ0n) is 8.69. The standard InChI is InChI=1S/C7H6O3.C2H6.Cl3P/c8-6-4-2-1-3-5(6)7(9)10;1-2;1-4(2)3/h1-4,8H,(H,9,10);1-2H3;. The minimum Gasteiger partial charge on any atom is -0.507 e. The van der Waals surface area contributed by atoms with Gasteiger partial charge in [0.25, 0.3) is 0 Å². The Kier molecular flexibility index (Phi) is 12.8. The highest BCUT2D eigenvalue weighted by Gasteiger charge is 2.05. The van der Waals surface area contributed by atoms with Crippen molar-refractivity contribution in [3.8, 4) is 5.75 Å². The monoisotopic (exact) mass is 304 g/mol. The number of phenols is 1. The van der Waals surface area contributed by atoms with E-state index >= 15 is 0 Å². The molecule has 1 aromatic carbocycles. The SMILES string of the molecule is CC.ClP(Cl)Cl.O=C(O)c1ccccc1O. The van der Waals surface area contributed by atoms with Crippen LogP contribution in [0.5, 0.6) is 5.75 Å². The molecule has 0 aromatic heterocycles. The predicted octanol–water partition coefficient (Wildman–Crippen LogP) is 5.05. The van der Waals surface area contributed by atoms with Crippen LogP contribution < -0.4 is 0 Å². The van der Waals surface area contributed by atoms with Gasteiger partial charge in [0.15, 0.2) is 5.98 Å². The summed E-state index contributed by atoms with van der Waals surface area (Å²) in [5.41, 5.74) is -0.0671. The van der Waals surface area contributed by atoms with Crippen molar-refractivity contribution < 1.29 is 15.0 Å². The van der Waals surface area contributed by atoms with E-state index in [2.05, 4.69) is 0 Å². The number of aromatic hydroxyl groups is 1. The Bertz CT molecular complexity index is 305.